The molecule has 1 aromatic heterocycles. The molecule has 2 N–H and O–H groups in total. The molecule has 1 rings (SSSR count). The molecule has 1 heterocycles. The van der Waals surface area contributed by atoms with Crippen molar-refractivity contribution in [2.45, 2.75) is 26.2 Å². The van der Waals surface area contributed by atoms with Gasteiger partial charge < -0.3 is 5.73 Å². The van der Waals surface area contributed by atoms with Gasteiger partial charge in [-0.3, -0.25) is 4.68 Å². The van der Waals surface area contributed by atoms with E-state index in [0.29, 0.717) is 5.82 Å². The minimum absolute atomic E-state index is 0.681. The Kier molecular flexibility index (Phi) is 2.52. The number of hydrogen-bond donors (Lipinski definition) is 1. The fourth-order valence-electron chi connectivity index (χ4n) is 1.11. The molecule has 3 heteroatoms. The first-order valence-electron chi connectivity index (χ1n) is 4.02. The summed E-state index contributed by atoms with van der Waals surface area (Å²) in [5.41, 5.74) is 6.83. The number of aromatic nitrogens is 2. The zero-order chi connectivity index (χ0) is 8.27. The highest BCUT2D eigenvalue weighted by Gasteiger charge is 2.01. The zero-order valence-corrected chi connectivity index (χ0v) is 7.17. The van der Waals surface area contributed by atoms with Gasteiger partial charge in [0, 0.05) is 18.8 Å². The minimum Gasteiger partial charge on any atom is -0.382 e. The minimum atomic E-state index is 0.681. The van der Waals surface area contributed by atoms with Crippen LogP contribution >= 0.6 is 0 Å². The first kappa shape index (κ1) is 8.11. The lowest BCUT2D eigenvalue weighted by molar-refractivity contribution is 0.765. The lowest BCUT2D eigenvalue weighted by Gasteiger charge is -1.93. The van der Waals surface area contributed by atoms with Crippen LogP contribution in [0.25, 0.3) is 0 Å². The summed E-state index contributed by atoms with van der Waals surface area (Å²) in [5.74, 6) is 0.681. The van der Waals surface area contributed by atoms with Crippen LogP contribution in [0.4, 0.5) is 5.82 Å². The summed E-state index contributed by atoms with van der Waals surface area (Å²) in [6.45, 7) is 2.17. The van der Waals surface area contributed by atoms with E-state index in [1.807, 2.05) is 13.2 Å². The Morgan fingerprint density at radius 3 is 2.82 bits per heavy atom. The monoisotopic (exact) mass is 153 g/mol. The fourth-order valence-corrected chi connectivity index (χ4v) is 1.11. The topological polar surface area (TPSA) is 43.8 Å². The van der Waals surface area contributed by atoms with Crippen LogP contribution < -0.4 is 5.73 Å². The summed E-state index contributed by atoms with van der Waals surface area (Å²) in [6.07, 6.45) is 5.44. The van der Waals surface area contributed by atoms with Gasteiger partial charge in [-0.2, -0.15) is 5.10 Å². The van der Waals surface area contributed by atoms with E-state index in [2.05, 4.69) is 12.0 Å². The molecule has 0 bridgehead atoms. The second kappa shape index (κ2) is 3.42. The van der Waals surface area contributed by atoms with Crippen LogP contribution in [0.5, 0.6) is 0 Å². The van der Waals surface area contributed by atoms with E-state index in [1.165, 1.54) is 18.4 Å². The van der Waals surface area contributed by atoms with Crippen LogP contribution in [-0.2, 0) is 13.5 Å². The number of aryl methyl sites for hydroxylation is 2. The highest BCUT2D eigenvalue weighted by Crippen LogP contribution is 2.10. The Hall–Kier alpha value is -0.990. The molecule has 1 aromatic rings. The molecular weight excluding hydrogens is 138 g/mol. The van der Waals surface area contributed by atoms with Crippen molar-refractivity contribution in [3.8, 4) is 0 Å². The number of rotatable bonds is 3. The predicted molar refractivity (Wildman–Crippen MR) is 46.2 cm³/mol. The molecule has 0 atom stereocenters. The predicted octanol–water partition coefficient (Wildman–Crippen LogP) is 1.34. The van der Waals surface area contributed by atoms with Gasteiger partial charge in [0.2, 0.25) is 0 Å². The summed E-state index contributed by atoms with van der Waals surface area (Å²) in [5, 5.41) is 4.06. The highest BCUT2D eigenvalue weighted by molar-refractivity contribution is 5.37. The largest absolute Gasteiger partial charge is 0.382 e. The van der Waals surface area contributed by atoms with Gasteiger partial charge in [0.25, 0.3) is 0 Å². The van der Waals surface area contributed by atoms with Crippen LogP contribution in [0, 0.1) is 0 Å². The smallest absolute Gasteiger partial charge is 0.148 e. The quantitative estimate of drug-likeness (QED) is 0.712. The van der Waals surface area contributed by atoms with Gasteiger partial charge in [-0.1, -0.05) is 13.3 Å². The normalized spacial score (nSPS) is 10.4. The van der Waals surface area contributed by atoms with E-state index in [-0.39, 0.29) is 0 Å². The van der Waals surface area contributed by atoms with Gasteiger partial charge in [-0.25, -0.2) is 0 Å². The van der Waals surface area contributed by atoms with Crippen LogP contribution in [0.15, 0.2) is 6.20 Å². The molecule has 62 valence electrons. The number of nitrogens with zero attached hydrogens (tertiary/aromatic N) is 2. The van der Waals surface area contributed by atoms with Gasteiger partial charge >= 0.3 is 0 Å². The maximum Gasteiger partial charge on any atom is 0.148 e. The standard InChI is InChI=1S/C8H15N3/c1-3-4-5-7-6-11(2)10-8(7)9/h6H,3-5H2,1-2H3,(H2,9,10). The van der Waals surface area contributed by atoms with Gasteiger partial charge in [-0.05, 0) is 12.8 Å². The van der Waals surface area contributed by atoms with Gasteiger partial charge in [0.1, 0.15) is 5.82 Å². The zero-order valence-electron chi connectivity index (χ0n) is 7.17. The number of anilines is 1. The Balaban J connectivity index is 2.62. The van der Waals surface area contributed by atoms with Crippen molar-refractivity contribution in [1.29, 1.82) is 0 Å². The van der Waals surface area contributed by atoms with Crippen molar-refractivity contribution < 1.29 is 0 Å². The lowest BCUT2D eigenvalue weighted by atomic mass is 10.1. The van der Waals surface area contributed by atoms with Crippen LogP contribution in [0.1, 0.15) is 25.3 Å². The van der Waals surface area contributed by atoms with Gasteiger partial charge in [0.15, 0.2) is 0 Å². The molecule has 0 radical (unpaired) electrons. The Morgan fingerprint density at radius 1 is 1.64 bits per heavy atom. The summed E-state index contributed by atoms with van der Waals surface area (Å²) in [6, 6.07) is 0. The molecule has 3 nitrogen and oxygen atoms in total. The van der Waals surface area contributed by atoms with Crippen molar-refractivity contribution in [2.75, 3.05) is 5.73 Å². The van der Waals surface area contributed by atoms with E-state index >= 15 is 0 Å². The number of nitrogens with two attached hydrogens (primary N) is 1. The second-order valence-electron chi connectivity index (χ2n) is 2.82. The highest BCUT2D eigenvalue weighted by atomic mass is 15.3. The Bertz CT molecular complexity index is 227. The molecule has 0 unspecified atom stereocenters. The number of nitrogen functional groups attached to an aromatic ring is 1. The molecule has 0 aromatic carbocycles. The van der Waals surface area contributed by atoms with Crippen molar-refractivity contribution in [3.05, 3.63) is 11.8 Å². The van der Waals surface area contributed by atoms with Crippen molar-refractivity contribution >= 4 is 5.82 Å². The third-order valence-corrected chi connectivity index (χ3v) is 1.74. The third kappa shape index (κ3) is 1.97. The lowest BCUT2D eigenvalue weighted by Crippen LogP contribution is -1.92. The molecule has 0 aliphatic carbocycles. The van der Waals surface area contributed by atoms with Crippen LogP contribution in [0.2, 0.25) is 0 Å². The molecule has 0 aliphatic heterocycles. The molecule has 11 heavy (non-hydrogen) atoms. The number of unbranched alkanes of at least 4 members (excludes halogenated alkanes) is 1. The van der Waals surface area contributed by atoms with Crippen LogP contribution in [-0.4, -0.2) is 9.78 Å². The van der Waals surface area contributed by atoms with Crippen molar-refractivity contribution in [3.63, 3.8) is 0 Å². The average molecular weight is 153 g/mol. The van der Waals surface area contributed by atoms with Gasteiger partial charge in [0.05, 0.1) is 0 Å². The fraction of sp³-hybridized carbons (Fsp3) is 0.625. The average Bonchev–Trinajstić information content (AvgIpc) is 2.26. The molecule has 0 spiro atoms. The first-order chi connectivity index (χ1) is 5.24. The molecule has 0 amide bonds. The molecular formula is C8H15N3. The van der Waals surface area contributed by atoms with Crippen LogP contribution in [0.3, 0.4) is 0 Å². The Labute approximate surface area is 67.2 Å². The van der Waals surface area contributed by atoms with E-state index < -0.39 is 0 Å². The maximum absolute atomic E-state index is 5.65. The molecule has 0 saturated carbocycles. The Morgan fingerprint density at radius 2 is 2.36 bits per heavy atom. The number of hydrogen-bond acceptors (Lipinski definition) is 2. The third-order valence-electron chi connectivity index (χ3n) is 1.74. The molecule has 0 saturated heterocycles. The molecule has 0 fully saturated rings. The second-order valence-corrected chi connectivity index (χ2v) is 2.82. The molecule has 0 aliphatic rings. The van der Waals surface area contributed by atoms with Gasteiger partial charge in [-0.15, -0.1) is 0 Å². The van der Waals surface area contributed by atoms with Crippen molar-refractivity contribution in [1.82, 2.24) is 9.78 Å². The maximum atomic E-state index is 5.65. The van der Waals surface area contributed by atoms with E-state index in [4.69, 9.17) is 5.73 Å². The van der Waals surface area contributed by atoms with E-state index in [0.717, 1.165) is 6.42 Å². The van der Waals surface area contributed by atoms with Crippen molar-refractivity contribution in [2.24, 2.45) is 7.05 Å². The first-order valence-corrected chi connectivity index (χ1v) is 4.02. The van der Waals surface area contributed by atoms with E-state index in [9.17, 15) is 0 Å². The SMILES string of the molecule is CCCCc1cn(C)nc1N. The van der Waals surface area contributed by atoms with E-state index in [1.54, 1.807) is 4.68 Å². The summed E-state index contributed by atoms with van der Waals surface area (Å²) in [7, 11) is 1.89. The summed E-state index contributed by atoms with van der Waals surface area (Å²) >= 11 is 0. The summed E-state index contributed by atoms with van der Waals surface area (Å²) < 4.78 is 1.76. The summed E-state index contributed by atoms with van der Waals surface area (Å²) in [4.78, 5) is 0.